The van der Waals surface area contributed by atoms with Crippen LogP contribution in [0.1, 0.15) is 19.3 Å². The van der Waals surface area contributed by atoms with Gasteiger partial charge >= 0.3 is 0 Å². The van der Waals surface area contributed by atoms with E-state index < -0.39 is 0 Å². The quantitative estimate of drug-likeness (QED) is 0.539. The summed E-state index contributed by atoms with van der Waals surface area (Å²) in [5.74, 6) is 0.929. The molecule has 0 aromatic carbocycles. The highest BCUT2D eigenvalue weighted by Crippen LogP contribution is 2.47. The summed E-state index contributed by atoms with van der Waals surface area (Å²) in [6, 6.07) is 2.20. The highest BCUT2D eigenvalue weighted by molar-refractivity contribution is 5.05. The summed E-state index contributed by atoms with van der Waals surface area (Å²) in [5.41, 5.74) is 0. The second kappa shape index (κ2) is 1.96. The molecular weight excluding hydrogens is 126 g/mol. The Bertz CT molecular complexity index is 182. The van der Waals surface area contributed by atoms with Crippen molar-refractivity contribution in [3.63, 3.8) is 0 Å². The molecule has 54 valence electrons. The minimum Gasteiger partial charge on any atom is -0.391 e. The van der Waals surface area contributed by atoms with Gasteiger partial charge in [0.05, 0.1) is 18.1 Å². The van der Waals surface area contributed by atoms with E-state index in [9.17, 15) is 5.11 Å². The molecule has 0 aliphatic heterocycles. The number of rotatable bonds is 0. The van der Waals surface area contributed by atoms with E-state index in [4.69, 9.17) is 5.26 Å². The topological polar surface area (TPSA) is 44.0 Å². The SMILES string of the molecule is N#C[C@@H]1[C@H]2CC[C@H](C2)[C@@H]1O. The summed E-state index contributed by atoms with van der Waals surface area (Å²) >= 11 is 0. The molecule has 0 aromatic rings. The lowest BCUT2D eigenvalue weighted by molar-refractivity contribution is 0.0832. The van der Waals surface area contributed by atoms with Crippen molar-refractivity contribution >= 4 is 0 Å². The zero-order chi connectivity index (χ0) is 7.14. The highest BCUT2D eigenvalue weighted by Gasteiger charge is 2.46. The maximum Gasteiger partial charge on any atom is 0.0753 e. The molecule has 0 radical (unpaired) electrons. The molecule has 2 fully saturated rings. The molecule has 2 heteroatoms. The first-order valence-electron chi connectivity index (χ1n) is 3.90. The molecule has 0 spiro atoms. The number of nitriles is 1. The van der Waals surface area contributed by atoms with Crippen molar-refractivity contribution in [2.24, 2.45) is 17.8 Å². The Labute approximate surface area is 60.5 Å². The van der Waals surface area contributed by atoms with Crippen LogP contribution in [0.5, 0.6) is 0 Å². The van der Waals surface area contributed by atoms with Gasteiger partial charge in [0.2, 0.25) is 0 Å². The minimum absolute atomic E-state index is 0.0428. The normalized spacial score (nSPS) is 51.2. The maximum absolute atomic E-state index is 9.46. The second-order valence-electron chi connectivity index (χ2n) is 3.48. The van der Waals surface area contributed by atoms with Crippen LogP contribution in [-0.4, -0.2) is 11.2 Å². The van der Waals surface area contributed by atoms with Gasteiger partial charge in [0.1, 0.15) is 0 Å². The third kappa shape index (κ3) is 0.615. The molecule has 4 atom stereocenters. The molecular formula is C8H11NO. The number of nitrogens with zero attached hydrogens (tertiary/aromatic N) is 1. The zero-order valence-electron chi connectivity index (χ0n) is 5.83. The maximum atomic E-state index is 9.46. The fraction of sp³-hybridized carbons (Fsp3) is 0.875. The molecule has 2 saturated carbocycles. The largest absolute Gasteiger partial charge is 0.391 e. The smallest absolute Gasteiger partial charge is 0.0753 e. The molecule has 2 rings (SSSR count). The zero-order valence-corrected chi connectivity index (χ0v) is 5.83. The van der Waals surface area contributed by atoms with Gasteiger partial charge in [-0.05, 0) is 31.1 Å². The van der Waals surface area contributed by atoms with Crippen molar-refractivity contribution in [1.29, 1.82) is 5.26 Å². The van der Waals surface area contributed by atoms with Gasteiger partial charge in [-0.2, -0.15) is 5.26 Å². The molecule has 2 aliphatic carbocycles. The van der Waals surface area contributed by atoms with Crippen molar-refractivity contribution in [2.75, 3.05) is 0 Å². The van der Waals surface area contributed by atoms with E-state index in [0.29, 0.717) is 11.8 Å². The molecule has 0 unspecified atom stereocenters. The van der Waals surface area contributed by atoms with E-state index in [0.717, 1.165) is 12.8 Å². The van der Waals surface area contributed by atoms with Crippen LogP contribution in [-0.2, 0) is 0 Å². The van der Waals surface area contributed by atoms with Crippen molar-refractivity contribution in [3.8, 4) is 6.07 Å². The molecule has 0 saturated heterocycles. The summed E-state index contributed by atoms with van der Waals surface area (Å²) in [6.45, 7) is 0. The van der Waals surface area contributed by atoms with Gasteiger partial charge < -0.3 is 5.11 Å². The fourth-order valence-corrected chi connectivity index (χ4v) is 2.44. The van der Waals surface area contributed by atoms with E-state index in [1.54, 1.807) is 0 Å². The molecule has 10 heavy (non-hydrogen) atoms. The van der Waals surface area contributed by atoms with Gasteiger partial charge in [-0.3, -0.25) is 0 Å². The van der Waals surface area contributed by atoms with Crippen LogP contribution in [0.2, 0.25) is 0 Å². The Morgan fingerprint density at radius 1 is 1.30 bits per heavy atom. The second-order valence-corrected chi connectivity index (χ2v) is 3.48. The van der Waals surface area contributed by atoms with Crippen molar-refractivity contribution in [1.82, 2.24) is 0 Å². The summed E-state index contributed by atoms with van der Waals surface area (Å²) in [4.78, 5) is 0. The lowest BCUT2D eigenvalue weighted by Gasteiger charge is -2.20. The molecule has 1 N–H and O–H groups in total. The summed E-state index contributed by atoms with van der Waals surface area (Å²) in [6.07, 6.45) is 3.10. The Hall–Kier alpha value is -0.550. The molecule has 2 aliphatic rings. The summed E-state index contributed by atoms with van der Waals surface area (Å²) in [5, 5.41) is 18.1. The van der Waals surface area contributed by atoms with Crippen LogP contribution in [0.3, 0.4) is 0 Å². The third-order valence-corrected chi connectivity index (χ3v) is 3.02. The molecule has 2 bridgehead atoms. The predicted octanol–water partition coefficient (Wildman–Crippen LogP) is 0.917. The first-order chi connectivity index (χ1) is 4.83. The Morgan fingerprint density at radius 2 is 2.00 bits per heavy atom. The lowest BCUT2D eigenvalue weighted by Crippen LogP contribution is -2.25. The molecule has 0 heterocycles. The Morgan fingerprint density at radius 3 is 2.40 bits per heavy atom. The van der Waals surface area contributed by atoms with Crippen LogP contribution in [0.25, 0.3) is 0 Å². The monoisotopic (exact) mass is 137 g/mol. The van der Waals surface area contributed by atoms with Crippen LogP contribution >= 0.6 is 0 Å². The van der Waals surface area contributed by atoms with Gasteiger partial charge in [0, 0.05) is 0 Å². The van der Waals surface area contributed by atoms with E-state index in [-0.39, 0.29) is 12.0 Å². The van der Waals surface area contributed by atoms with Crippen LogP contribution in [0, 0.1) is 29.1 Å². The van der Waals surface area contributed by atoms with E-state index in [1.807, 2.05) is 0 Å². The minimum atomic E-state index is -0.302. The summed E-state index contributed by atoms with van der Waals surface area (Å²) < 4.78 is 0. The predicted molar refractivity (Wildman–Crippen MR) is 35.9 cm³/mol. The van der Waals surface area contributed by atoms with Crippen LogP contribution in [0.15, 0.2) is 0 Å². The van der Waals surface area contributed by atoms with Crippen LogP contribution < -0.4 is 0 Å². The van der Waals surface area contributed by atoms with Gasteiger partial charge in [0.15, 0.2) is 0 Å². The molecule has 2 nitrogen and oxygen atoms in total. The number of hydrogen-bond acceptors (Lipinski definition) is 2. The average molecular weight is 137 g/mol. The first-order valence-corrected chi connectivity index (χ1v) is 3.90. The number of hydrogen-bond donors (Lipinski definition) is 1. The van der Waals surface area contributed by atoms with Crippen molar-refractivity contribution in [3.05, 3.63) is 0 Å². The lowest BCUT2D eigenvalue weighted by atomic mass is 9.88. The Balaban J connectivity index is 2.19. The van der Waals surface area contributed by atoms with Gasteiger partial charge in [0.25, 0.3) is 0 Å². The Kier molecular flexibility index (Phi) is 1.21. The van der Waals surface area contributed by atoms with E-state index >= 15 is 0 Å². The van der Waals surface area contributed by atoms with Gasteiger partial charge in [-0.1, -0.05) is 0 Å². The van der Waals surface area contributed by atoms with Crippen molar-refractivity contribution < 1.29 is 5.11 Å². The summed E-state index contributed by atoms with van der Waals surface area (Å²) in [7, 11) is 0. The number of fused-ring (bicyclic) bond motifs is 2. The average Bonchev–Trinajstić information content (AvgIpc) is 2.46. The third-order valence-electron chi connectivity index (χ3n) is 3.02. The molecule has 0 amide bonds. The van der Waals surface area contributed by atoms with Gasteiger partial charge in [-0.15, -0.1) is 0 Å². The van der Waals surface area contributed by atoms with Crippen molar-refractivity contribution in [2.45, 2.75) is 25.4 Å². The standard InChI is InChI=1S/C8H11NO/c9-4-7-5-1-2-6(3-5)8(7)10/h5-8,10H,1-3H2/t5-,6+,7+,8-/m0/s1. The highest BCUT2D eigenvalue weighted by atomic mass is 16.3. The fourth-order valence-electron chi connectivity index (χ4n) is 2.44. The first kappa shape index (κ1) is 6.18. The number of aliphatic hydroxyl groups excluding tert-OH is 1. The van der Waals surface area contributed by atoms with E-state index in [2.05, 4.69) is 6.07 Å². The van der Waals surface area contributed by atoms with Crippen LogP contribution in [0.4, 0.5) is 0 Å². The van der Waals surface area contributed by atoms with Gasteiger partial charge in [-0.25, -0.2) is 0 Å². The van der Waals surface area contributed by atoms with E-state index in [1.165, 1.54) is 6.42 Å². The number of aliphatic hydroxyl groups is 1. The molecule has 0 aromatic heterocycles.